The Bertz CT molecular complexity index is 987. The van der Waals surface area contributed by atoms with Crippen LogP contribution in [0.25, 0.3) is 11.6 Å². The molecule has 3 aromatic rings. The van der Waals surface area contributed by atoms with E-state index in [1.54, 1.807) is 0 Å². The molecule has 0 radical (unpaired) electrons. The molecule has 29 heavy (non-hydrogen) atoms. The van der Waals surface area contributed by atoms with Gasteiger partial charge < -0.3 is 9.15 Å². The predicted octanol–water partition coefficient (Wildman–Crippen LogP) is 3.51. The van der Waals surface area contributed by atoms with Crippen molar-refractivity contribution >= 4 is 11.9 Å². The molecule has 0 saturated carbocycles. The number of nitrogens with one attached hydrogen (secondary N) is 1. The molecule has 1 aromatic carbocycles. The second-order valence-corrected chi connectivity index (χ2v) is 7.64. The topological polar surface area (TPSA) is 95.1 Å². The predicted molar refractivity (Wildman–Crippen MR) is 107 cm³/mol. The first kappa shape index (κ1) is 19.3. The number of benzene rings is 1. The number of anilines is 1. The molecular formula is C21H25N5O3. The van der Waals surface area contributed by atoms with E-state index >= 15 is 0 Å². The second-order valence-electron chi connectivity index (χ2n) is 7.64. The third-order valence-corrected chi connectivity index (χ3v) is 5.38. The zero-order valence-electron chi connectivity index (χ0n) is 16.9. The molecule has 0 aliphatic carbocycles. The van der Waals surface area contributed by atoms with E-state index in [1.807, 2.05) is 48.0 Å². The molecule has 3 heterocycles. The number of ether oxygens (including phenoxy) is 1. The van der Waals surface area contributed by atoms with Gasteiger partial charge in [0.05, 0.1) is 5.41 Å². The molecular weight excluding hydrogens is 370 g/mol. The molecule has 1 amide bonds. The highest BCUT2D eigenvalue weighted by Gasteiger charge is 2.42. The normalized spacial score (nSPS) is 16.1. The summed E-state index contributed by atoms with van der Waals surface area (Å²) in [6, 6.07) is 12.0. The molecule has 1 saturated heterocycles. The zero-order chi connectivity index (χ0) is 20.4. The van der Waals surface area contributed by atoms with Crippen LogP contribution in [0.4, 0.5) is 6.01 Å². The number of hydrogen-bond acceptors (Lipinski definition) is 6. The molecule has 8 nitrogen and oxygen atoms in total. The quantitative estimate of drug-likeness (QED) is 0.710. The maximum Gasteiger partial charge on any atom is 0.322 e. The van der Waals surface area contributed by atoms with E-state index in [1.165, 1.54) is 0 Å². The Morgan fingerprint density at radius 1 is 1.17 bits per heavy atom. The van der Waals surface area contributed by atoms with Crippen molar-refractivity contribution < 1.29 is 13.9 Å². The van der Waals surface area contributed by atoms with Gasteiger partial charge in [-0.05, 0) is 45.2 Å². The van der Waals surface area contributed by atoms with Crippen molar-refractivity contribution in [3.05, 3.63) is 47.7 Å². The molecule has 1 aliphatic heterocycles. The molecule has 0 bridgehead atoms. The lowest BCUT2D eigenvalue weighted by atomic mass is 9.73. The Morgan fingerprint density at radius 3 is 2.55 bits per heavy atom. The number of rotatable bonds is 5. The van der Waals surface area contributed by atoms with Gasteiger partial charge >= 0.3 is 6.01 Å². The molecule has 4 rings (SSSR count). The third-order valence-electron chi connectivity index (χ3n) is 5.38. The lowest BCUT2D eigenvalue weighted by molar-refractivity contribution is -0.125. The number of carbonyl (C=O) groups is 1. The average Bonchev–Trinajstić information content (AvgIpc) is 3.35. The van der Waals surface area contributed by atoms with E-state index in [9.17, 15) is 4.79 Å². The number of aryl methyl sites for hydroxylation is 1. The first-order valence-corrected chi connectivity index (χ1v) is 9.84. The molecule has 1 fully saturated rings. The Kier molecular flexibility index (Phi) is 5.19. The molecule has 0 unspecified atom stereocenters. The first-order chi connectivity index (χ1) is 14.0. The van der Waals surface area contributed by atoms with E-state index in [2.05, 4.69) is 34.5 Å². The number of carbonyl (C=O) groups excluding carboxylic acids is 1. The van der Waals surface area contributed by atoms with Crippen molar-refractivity contribution in [2.45, 2.75) is 45.1 Å². The fourth-order valence-corrected chi connectivity index (χ4v) is 3.83. The summed E-state index contributed by atoms with van der Waals surface area (Å²) < 4.78 is 13.1. The highest BCUT2D eigenvalue weighted by molar-refractivity contribution is 5.98. The maximum absolute atomic E-state index is 13.3. The van der Waals surface area contributed by atoms with Crippen molar-refractivity contribution in [1.82, 2.24) is 20.0 Å². The fraction of sp³-hybridized carbons (Fsp3) is 0.429. The Balaban J connectivity index is 1.57. The highest BCUT2D eigenvalue weighted by Crippen LogP contribution is 2.36. The summed E-state index contributed by atoms with van der Waals surface area (Å²) in [5.74, 6) is 0.120. The number of nitrogens with zero attached hydrogens (tertiary/aromatic N) is 4. The lowest BCUT2D eigenvalue weighted by Crippen LogP contribution is -2.44. The molecule has 0 spiro atoms. The van der Waals surface area contributed by atoms with Crippen molar-refractivity contribution in [2.24, 2.45) is 0 Å². The molecule has 8 heteroatoms. The van der Waals surface area contributed by atoms with Crippen LogP contribution < -0.4 is 5.32 Å². The van der Waals surface area contributed by atoms with E-state index in [0.717, 1.165) is 11.3 Å². The SMILES string of the molecule is Cc1cc(-c2nnc(NC(=O)C3(c4ccccc4)CCOCC3)o2)nn1C(C)C. The van der Waals surface area contributed by atoms with Gasteiger partial charge in [-0.15, -0.1) is 5.10 Å². The summed E-state index contributed by atoms with van der Waals surface area (Å²) in [6.07, 6.45) is 1.20. The van der Waals surface area contributed by atoms with Crippen LogP contribution in [-0.4, -0.2) is 39.1 Å². The van der Waals surface area contributed by atoms with Gasteiger partial charge in [0.25, 0.3) is 5.89 Å². The Labute approximate surface area is 169 Å². The van der Waals surface area contributed by atoms with Crippen LogP contribution >= 0.6 is 0 Å². The number of aromatic nitrogens is 4. The summed E-state index contributed by atoms with van der Waals surface area (Å²) in [5, 5.41) is 15.4. The third kappa shape index (κ3) is 3.67. The summed E-state index contributed by atoms with van der Waals surface area (Å²) in [5.41, 5.74) is 1.88. The monoisotopic (exact) mass is 395 g/mol. The minimum atomic E-state index is -0.677. The molecule has 2 aromatic heterocycles. The standard InChI is InChI=1S/C21H25N5O3/c1-14(2)26-15(3)13-17(25-26)18-23-24-20(29-18)22-19(27)21(9-11-28-12-10-21)16-7-5-4-6-8-16/h4-8,13-14H,9-12H2,1-3H3,(H,22,24,27). The molecule has 152 valence electrons. The van der Waals surface area contributed by atoms with Gasteiger partial charge in [-0.25, -0.2) is 0 Å². The van der Waals surface area contributed by atoms with E-state index < -0.39 is 5.41 Å². The van der Waals surface area contributed by atoms with Crippen molar-refractivity contribution in [3.63, 3.8) is 0 Å². The van der Waals surface area contributed by atoms with Crippen LogP contribution in [-0.2, 0) is 14.9 Å². The summed E-state index contributed by atoms with van der Waals surface area (Å²) in [4.78, 5) is 13.3. The Morgan fingerprint density at radius 2 is 1.90 bits per heavy atom. The van der Waals surface area contributed by atoms with Crippen LogP contribution in [0.1, 0.15) is 44.0 Å². The van der Waals surface area contributed by atoms with Gasteiger partial charge in [0.15, 0.2) is 0 Å². The van der Waals surface area contributed by atoms with Gasteiger partial charge in [0.2, 0.25) is 5.91 Å². The van der Waals surface area contributed by atoms with Gasteiger partial charge in [0.1, 0.15) is 5.69 Å². The van der Waals surface area contributed by atoms with E-state index in [0.29, 0.717) is 31.7 Å². The molecule has 1 aliphatic rings. The summed E-state index contributed by atoms with van der Waals surface area (Å²) in [7, 11) is 0. The summed E-state index contributed by atoms with van der Waals surface area (Å²) in [6.45, 7) is 7.15. The zero-order valence-corrected chi connectivity index (χ0v) is 16.9. The fourth-order valence-electron chi connectivity index (χ4n) is 3.83. The Hall–Kier alpha value is -3.00. The maximum atomic E-state index is 13.3. The molecule has 0 atom stereocenters. The van der Waals surface area contributed by atoms with Crippen LogP contribution in [0.3, 0.4) is 0 Å². The number of amides is 1. The first-order valence-electron chi connectivity index (χ1n) is 9.84. The molecule has 1 N–H and O–H groups in total. The van der Waals surface area contributed by atoms with E-state index in [4.69, 9.17) is 9.15 Å². The van der Waals surface area contributed by atoms with Crippen LogP contribution in [0.5, 0.6) is 0 Å². The van der Waals surface area contributed by atoms with Gasteiger partial charge in [-0.1, -0.05) is 35.4 Å². The second kappa shape index (κ2) is 7.79. The smallest absolute Gasteiger partial charge is 0.322 e. The van der Waals surface area contributed by atoms with Crippen molar-refractivity contribution in [1.29, 1.82) is 0 Å². The van der Waals surface area contributed by atoms with Crippen molar-refractivity contribution in [2.75, 3.05) is 18.5 Å². The van der Waals surface area contributed by atoms with Gasteiger partial charge in [0, 0.05) is 24.9 Å². The summed E-state index contributed by atoms with van der Waals surface area (Å²) >= 11 is 0. The highest BCUT2D eigenvalue weighted by atomic mass is 16.5. The van der Waals surface area contributed by atoms with Crippen LogP contribution in [0, 0.1) is 6.92 Å². The average molecular weight is 395 g/mol. The van der Waals surface area contributed by atoms with Crippen LogP contribution in [0.2, 0.25) is 0 Å². The minimum Gasteiger partial charge on any atom is -0.401 e. The lowest BCUT2D eigenvalue weighted by Gasteiger charge is -2.35. The minimum absolute atomic E-state index is 0.0727. The van der Waals surface area contributed by atoms with E-state index in [-0.39, 0.29) is 23.9 Å². The number of hydrogen-bond donors (Lipinski definition) is 1. The largest absolute Gasteiger partial charge is 0.401 e. The van der Waals surface area contributed by atoms with Crippen molar-refractivity contribution in [3.8, 4) is 11.6 Å². The van der Waals surface area contributed by atoms with Gasteiger partial charge in [-0.2, -0.15) is 5.10 Å². The van der Waals surface area contributed by atoms with Gasteiger partial charge in [-0.3, -0.25) is 14.8 Å². The van der Waals surface area contributed by atoms with Crippen LogP contribution in [0.15, 0.2) is 40.8 Å².